The standard InChI is InChI=1S/C17H18/c1-3-4-9-17(15-7-5-6-8-15)16-12-10-14(2)11-13-16/h3-5,7,9-13H,1,6,8H2,2H3/b9-4-,17-15+. The molecule has 17 heavy (non-hydrogen) atoms. The van der Waals surface area contributed by atoms with Crippen molar-refractivity contribution in [3.63, 3.8) is 0 Å². The number of hydrogen-bond donors (Lipinski definition) is 0. The van der Waals surface area contributed by atoms with Gasteiger partial charge in [0.15, 0.2) is 0 Å². The van der Waals surface area contributed by atoms with E-state index in [0.717, 1.165) is 12.8 Å². The molecule has 1 aliphatic rings. The van der Waals surface area contributed by atoms with Crippen molar-refractivity contribution < 1.29 is 0 Å². The summed E-state index contributed by atoms with van der Waals surface area (Å²) >= 11 is 0. The molecule has 0 radical (unpaired) electrons. The lowest BCUT2D eigenvalue weighted by atomic mass is 9.98. The van der Waals surface area contributed by atoms with Gasteiger partial charge in [0.2, 0.25) is 0 Å². The van der Waals surface area contributed by atoms with Gasteiger partial charge in [0.25, 0.3) is 0 Å². The molecule has 0 N–H and O–H groups in total. The maximum atomic E-state index is 3.74. The second kappa shape index (κ2) is 5.49. The molecular weight excluding hydrogens is 204 g/mol. The molecule has 1 aromatic carbocycles. The molecule has 0 spiro atoms. The topological polar surface area (TPSA) is 0 Å². The van der Waals surface area contributed by atoms with E-state index in [1.54, 1.807) is 0 Å². The molecule has 2 rings (SSSR count). The summed E-state index contributed by atoms with van der Waals surface area (Å²) in [6.07, 6.45) is 12.8. The first-order valence-corrected chi connectivity index (χ1v) is 6.07. The zero-order chi connectivity index (χ0) is 12.1. The molecule has 0 aromatic heterocycles. The van der Waals surface area contributed by atoms with E-state index in [9.17, 15) is 0 Å². The summed E-state index contributed by atoms with van der Waals surface area (Å²) in [5, 5.41) is 0. The van der Waals surface area contributed by atoms with Crippen LogP contribution in [0.2, 0.25) is 0 Å². The second-order valence-electron chi connectivity index (χ2n) is 4.34. The molecule has 0 nitrogen and oxygen atoms in total. The first kappa shape index (κ1) is 11.7. The molecular formula is C17H18. The quantitative estimate of drug-likeness (QED) is 0.642. The average Bonchev–Trinajstić information content (AvgIpc) is 2.85. The first-order chi connectivity index (χ1) is 8.31. The number of hydrogen-bond acceptors (Lipinski definition) is 0. The Morgan fingerprint density at radius 3 is 2.59 bits per heavy atom. The molecule has 0 heteroatoms. The summed E-state index contributed by atoms with van der Waals surface area (Å²) in [4.78, 5) is 0. The van der Waals surface area contributed by atoms with Crippen LogP contribution in [0.3, 0.4) is 0 Å². The molecule has 0 saturated carbocycles. The Morgan fingerprint density at radius 2 is 2.00 bits per heavy atom. The van der Waals surface area contributed by atoms with E-state index in [-0.39, 0.29) is 0 Å². The third-order valence-electron chi connectivity index (χ3n) is 3.01. The van der Waals surface area contributed by atoms with Crippen LogP contribution in [0.15, 0.2) is 66.8 Å². The van der Waals surface area contributed by atoms with E-state index >= 15 is 0 Å². The molecule has 0 heterocycles. The fourth-order valence-corrected chi connectivity index (χ4v) is 2.06. The van der Waals surface area contributed by atoms with Crippen molar-refractivity contribution in [2.24, 2.45) is 0 Å². The van der Waals surface area contributed by atoms with E-state index in [4.69, 9.17) is 0 Å². The van der Waals surface area contributed by atoms with Crippen LogP contribution in [0.4, 0.5) is 0 Å². The number of aryl methyl sites for hydroxylation is 1. The minimum atomic E-state index is 1.14. The number of rotatable bonds is 3. The minimum Gasteiger partial charge on any atom is -0.0991 e. The lowest BCUT2D eigenvalue weighted by molar-refractivity contribution is 1.07. The summed E-state index contributed by atoms with van der Waals surface area (Å²) in [6, 6.07) is 8.71. The average molecular weight is 222 g/mol. The van der Waals surface area contributed by atoms with E-state index in [0.29, 0.717) is 0 Å². The van der Waals surface area contributed by atoms with Crippen LogP contribution >= 0.6 is 0 Å². The summed E-state index contributed by atoms with van der Waals surface area (Å²) in [7, 11) is 0. The van der Waals surface area contributed by atoms with Gasteiger partial charge in [-0.05, 0) is 36.5 Å². The minimum absolute atomic E-state index is 1.14. The molecule has 1 aromatic rings. The van der Waals surface area contributed by atoms with Crippen molar-refractivity contribution in [3.8, 4) is 0 Å². The molecule has 0 atom stereocenters. The fraction of sp³-hybridized carbons (Fsp3) is 0.176. The largest absolute Gasteiger partial charge is 0.0991 e. The van der Waals surface area contributed by atoms with Gasteiger partial charge in [-0.3, -0.25) is 0 Å². The number of benzene rings is 1. The first-order valence-electron chi connectivity index (χ1n) is 6.07. The van der Waals surface area contributed by atoms with Crippen LogP contribution in [-0.4, -0.2) is 0 Å². The van der Waals surface area contributed by atoms with Crippen molar-refractivity contribution in [1.82, 2.24) is 0 Å². The Kier molecular flexibility index (Phi) is 3.77. The van der Waals surface area contributed by atoms with Crippen molar-refractivity contribution >= 4 is 5.57 Å². The third-order valence-corrected chi connectivity index (χ3v) is 3.01. The van der Waals surface area contributed by atoms with E-state index in [2.05, 4.69) is 56.0 Å². The van der Waals surface area contributed by atoms with Crippen molar-refractivity contribution in [2.45, 2.75) is 19.8 Å². The molecule has 0 saturated heterocycles. The molecule has 0 bridgehead atoms. The Morgan fingerprint density at radius 1 is 1.24 bits per heavy atom. The predicted octanol–water partition coefficient (Wildman–Crippen LogP) is 4.84. The number of allylic oxidation sites excluding steroid dienone is 7. The maximum absolute atomic E-state index is 3.74. The Bertz CT molecular complexity index is 481. The smallest absolute Gasteiger partial charge is 0.0152 e. The predicted molar refractivity (Wildman–Crippen MR) is 75.8 cm³/mol. The zero-order valence-electron chi connectivity index (χ0n) is 10.3. The van der Waals surface area contributed by atoms with Crippen LogP contribution in [0, 0.1) is 6.92 Å². The Labute approximate surface area is 104 Å². The molecule has 1 aliphatic carbocycles. The van der Waals surface area contributed by atoms with Gasteiger partial charge in [0, 0.05) is 0 Å². The third kappa shape index (κ3) is 2.85. The van der Waals surface area contributed by atoms with Crippen LogP contribution in [0.25, 0.3) is 5.57 Å². The highest BCUT2D eigenvalue weighted by molar-refractivity contribution is 5.79. The lowest BCUT2D eigenvalue weighted by Crippen LogP contribution is -1.86. The van der Waals surface area contributed by atoms with Gasteiger partial charge < -0.3 is 0 Å². The summed E-state index contributed by atoms with van der Waals surface area (Å²) in [6.45, 7) is 5.86. The SMILES string of the molecule is C=C/C=C\C(=C1\C=CCC1)c1ccc(C)cc1. The zero-order valence-corrected chi connectivity index (χ0v) is 10.3. The molecule has 0 unspecified atom stereocenters. The van der Waals surface area contributed by atoms with Gasteiger partial charge in [-0.2, -0.15) is 0 Å². The van der Waals surface area contributed by atoms with Crippen LogP contribution < -0.4 is 0 Å². The lowest BCUT2D eigenvalue weighted by Gasteiger charge is -2.07. The van der Waals surface area contributed by atoms with Crippen LogP contribution in [0.5, 0.6) is 0 Å². The monoisotopic (exact) mass is 222 g/mol. The Hall–Kier alpha value is -1.82. The van der Waals surface area contributed by atoms with Gasteiger partial charge in [-0.25, -0.2) is 0 Å². The van der Waals surface area contributed by atoms with Crippen LogP contribution in [-0.2, 0) is 0 Å². The summed E-state index contributed by atoms with van der Waals surface area (Å²) in [5.74, 6) is 0. The summed E-state index contributed by atoms with van der Waals surface area (Å²) < 4.78 is 0. The van der Waals surface area contributed by atoms with Crippen molar-refractivity contribution in [1.29, 1.82) is 0 Å². The molecule has 86 valence electrons. The van der Waals surface area contributed by atoms with Gasteiger partial charge >= 0.3 is 0 Å². The van der Waals surface area contributed by atoms with Gasteiger partial charge in [0.1, 0.15) is 0 Å². The van der Waals surface area contributed by atoms with E-state index in [1.165, 1.54) is 22.3 Å². The highest BCUT2D eigenvalue weighted by Crippen LogP contribution is 2.28. The van der Waals surface area contributed by atoms with E-state index < -0.39 is 0 Å². The van der Waals surface area contributed by atoms with Gasteiger partial charge in [-0.15, -0.1) is 0 Å². The molecule has 0 aliphatic heterocycles. The fourth-order valence-electron chi connectivity index (χ4n) is 2.06. The highest BCUT2D eigenvalue weighted by Gasteiger charge is 2.07. The van der Waals surface area contributed by atoms with Gasteiger partial charge in [-0.1, -0.05) is 66.8 Å². The van der Waals surface area contributed by atoms with Crippen LogP contribution in [0.1, 0.15) is 24.0 Å². The molecule has 0 fully saturated rings. The summed E-state index contributed by atoms with van der Waals surface area (Å²) in [5.41, 5.74) is 5.33. The van der Waals surface area contributed by atoms with Gasteiger partial charge in [0.05, 0.1) is 0 Å². The van der Waals surface area contributed by atoms with Crippen molar-refractivity contribution in [2.75, 3.05) is 0 Å². The molecule has 0 amide bonds. The Balaban J connectivity index is 2.43. The second-order valence-corrected chi connectivity index (χ2v) is 4.34. The maximum Gasteiger partial charge on any atom is -0.0152 e. The van der Waals surface area contributed by atoms with Crippen molar-refractivity contribution in [3.05, 3.63) is 77.9 Å². The highest BCUT2D eigenvalue weighted by atomic mass is 14.1. The normalized spacial score (nSPS) is 17.7. The van der Waals surface area contributed by atoms with E-state index in [1.807, 2.05) is 12.2 Å².